The molecule has 0 spiro atoms. The first kappa shape index (κ1) is 20.5. The summed E-state index contributed by atoms with van der Waals surface area (Å²) in [6.07, 6.45) is 0.964. The van der Waals surface area contributed by atoms with Crippen LogP contribution in [0.15, 0.2) is 66.7 Å². The smallest absolute Gasteiger partial charge is 0.166 e. The fourth-order valence-corrected chi connectivity index (χ4v) is 4.53. The lowest BCUT2D eigenvalue weighted by Gasteiger charge is -2.27. The van der Waals surface area contributed by atoms with Gasteiger partial charge in [0.15, 0.2) is 11.5 Å². The maximum atomic E-state index is 6.34. The molecule has 1 aliphatic heterocycles. The molecule has 3 aromatic carbocycles. The van der Waals surface area contributed by atoms with Crippen LogP contribution in [0.2, 0.25) is 0 Å². The molecule has 1 unspecified atom stereocenters. The predicted octanol–water partition coefficient (Wildman–Crippen LogP) is 5.39. The molecule has 0 saturated carbocycles. The number of methoxy groups -OCH3 is 1. The van der Waals surface area contributed by atoms with Crippen LogP contribution in [0.1, 0.15) is 35.3 Å². The van der Waals surface area contributed by atoms with Crippen LogP contribution in [0.3, 0.4) is 0 Å². The molecule has 0 bridgehead atoms. The third-order valence-corrected chi connectivity index (χ3v) is 6.00. The van der Waals surface area contributed by atoms with E-state index in [1.807, 2.05) is 43.3 Å². The fourth-order valence-electron chi connectivity index (χ4n) is 4.53. The van der Waals surface area contributed by atoms with Crippen LogP contribution >= 0.6 is 0 Å². The third kappa shape index (κ3) is 3.80. The molecule has 1 aromatic heterocycles. The first-order valence-corrected chi connectivity index (χ1v) is 11.1. The number of aromatic nitrogens is 1. The molecule has 32 heavy (non-hydrogen) atoms. The van der Waals surface area contributed by atoms with Gasteiger partial charge in [-0.3, -0.25) is 0 Å². The Hall–Kier alpha value is -3.44. The van der Waals surface area contributed by atoms with Crippen molar-refractivity contribution in [1.29, 1.82) is 0 Å². The largest absolute Gasteiger partial charge is 0.494 e. The summed E-state index contributed by atoms with van der Waals surface area (Å²) < 4.78 is 17.8. The number of rotatable bonds is 7. The number of ether oxygens (including phenoxy) is 3. The molecule has 5 rings (SSSR count). The maximum Gasteiger partial charge on any atom is 0.166 e. The van der Waals surface area contributed by atoms with Gasteiger partial charge < -0.3 is 24.5 Å². The van der Waals surface area contributed by atoms with Gasteiger partial charge in [-0.1, -0.05) is 42.5 Å². The summed E-state index contributed by atoms with van der Waals surface area (Å²) in [5.41, 5.74) is 5.83. The molecule has 0 saturated heterocycles. The minimum atomic E-state index is -0.0115. The second kappa shape index (κ2) is 8.97. The van der Waals surface area contributed by atoms with Gasteiger partial charge in [-0.15, -0.1) is 0 Å². The Kier molecular flexibility index (Phi) is 5.73. The van der Waals surface area contributed by atoms with E-state index in [-0.39, 0.29) is 6.04 Å². The molecule has 1 atom stereocenters. The van der Waals surface area contributed by atoms with Gasteiger partial charge in [-0.25, -0.2) is 0 Å². The summed E-state index contributed by atoms with van der Waals surface area (Å²) in [5.74, 6) is 2.42. The van der Waals surface area contributed by atoms with Crippen molar-refractivity contribution >= 4 is 10.9 Å². The van der Waals surface area contributed by atoms with E-state index in [0.717, 1.165) is 46.9 Å². The first-order valence-electron chi connectivity index (χ1n) is 11.1. The molecule has 2 N–H and O–H groups in total. The zero-order valence-corrected chi connectivity index (χ0v) is 18.5. The summed E-state index contributed by atoms with van der Waals surface area (Å²) in [4.78, 5) is 3.66. The van der Waals surface area contributed by atoms with Crippen molar-refractivity contribution in [1.82, 2.24) is 10.3 Å². The zero-order valence-electron chi connectivity index (χ0n) is 18.5. The molecule has 0 radical (unpaired) electrons. The monoisotopic (exact) mass is 428 g/mol. The number of hydrogen-bond donors (Lipinski definition) is 2. The number of fused-ring (bicyclic) bond motifs is 3. The van der Waals surface area contributed by atoms with Crippen molar-refractivity contribution in [3.05, 3.63) is 89.1 Å². The highest BCUT2D eigenvalue weighted by Crippen LogP contribution is 2.41. The van der Waals surface area contributed by atoms with Gasteiger partial charge in [0.1, 0.15) is 12.4 Å². The van der Waals surface area contributed by atoms with Gasteiger partial charge >= 0.3 is 0 Å². The second-order valence-electron chi connectivity index (χ2n) is 7.95. The Morgan fingerprint density at radius 3 is 2.66 bits per heavy atom. The van der Waals surface area contributed by atoms with Gasteiger partial charge in [-0.2, -0.15) is 0 Å². The highest BCUT2D eigenvalue weighted by atomic mass is 16.5. The van der Waals surface area contributed by atoms with Gasteiger partial charge in [-0.05, 0) is 48.7 Å². The molecule has 5 nitrogen and oxygen atoms in total. The Morgan fingerprint density at radius 2 is 1.84 bits per heavy atom. The number of H-pyrrole nitrogens is 1. The Balaban J connectivity index is 1.55. The topological polar surface area (TPSA) is 55.5 Å². The lowest BCUT2D eigenvalue weighted by Crippen LogP contribution is -2.30. The summed E-state index contributed by atoms with van der Waals surface area (Å²) in [6, 6.07) is 22.6. The highest BCUT2D eigenvalue weighted by molar-refractivity contribution is 5.87. The number of para-hydroxylation sites is 1. The van der Waals surface area contributed by atoms with Crippen LogP contribution in [-0.4, -0.2) is 25.2 Å². The fraction of sp³-hybridized carbons (Fsp3) is 0.259. The Morgan fingerprint density at radius 1 is 0.969 bits per heavy atom. The molecular formula is C27H28N2O3. The molecule has 4 aromatic rings. The Labute approximate surface area is 188 Å². The minimum Gasteiger partial charge on any atom is -0.494 e. The van der Waals surface area contributed by atoms with Crippen LogP contribution < -0.4 is 19.5 Å². The first-order chi connectivity index (χ1) is 15.8. The third-order valence-electron chi connectivity index (χ3n) is 6.00. The SMILES string of the molecule is CCOc1ccc2[nH]c3c(c2c1)CCNC3c1cccc(OC)c1OCc1ccccc1. The van der Waals surface area contributed by atoms with Gasteiger partial charge in [0.05, 0.1) is 19.8 Å². The van der Waals surface area contributed by atoms with Crippen molar-refractivity contribution < 1.29 is 14.2 Å². The van der Waals surface area contributed by atoms with Crippen LogP contribution in [-0.2, 0) is 13.0 Å². The Bertz CT molecular complexity index is 1220. The number of benzene rings is 3. The zero-order chi connectivity index (χ0) is 21.9. The van der Waals surface area contributed by atoms with E-state index in [2.05, 4.69) is 40.6 Å². The number of aromatic amines is 1. The van der Waals surface area contributed by atoms with Crippen molar-refractivity contribution in [2.75, 3.05) is 20.3 Å². The van der Waals surface area contributed by atoms with Gasteiger partial charge in [0.25, 0.3) is 0 Å². The molecule has 5 heteroatoms. The van der Waals surface area contributed by atoms with Crippen molar-refractivity contribution in [3.63, 3.8) is 0 Å². The van der Waals surface area contributed by atoms with Gasteiger partial charge in [0.2, 0.25) is 0 Å². The molecule has 0 amide bonds. The standard InChI is InChI=1S/C27H28N2O3/c1-3-31-19-12-13-23-22(16-19)20-14-15-28-25(26(20)29-23)21-10-7-11-24(30-2)27(21)32-17-18-8-5-4-6-9-18/h4-13,16,25,28-29H,3,14-15,17H2,1-2H3. The van der Waals surface area contributed by atoms with Crippen LogP contribution in [0, 0.1) is 0 Å². The van der Waals surface area contributed by atoms with E-state index in [4.69, 9.17) is 14.2 Å². The number of hydrogen-bond acceptors (Lipinski definition) is 4. The lowest BCUT2D eigenvalue weighted by atomic mass is 9.93. The molecule has 0 fully saturated rings. The van der Waals surface area contributed by atoms with Crippen LogP contribution in [0.5, 0.6) is 17.2 Å². The molecule has 1 aliphatic rings. The van der Waals surface area contributed by atoms with E-state index in [1.165, 1.54) is 16.6 Å². The average molecular weight is 429 g/mol. The van der Waals surface area contributed by atoms with Crippen molar-refractivity contribution in [2.45, 2.75) is 26.0 Å². The van der Waals surface area contributed by atoms with Crippen molar-refractivity contribution in [3.8, 4) is 17.2 Å². The van der Waals surface area contributed by atoms with Gasteiger partial charge in [0, 0.05) is 28.7 Å². The highest BCUT2D eigenvalue weighted by Gasteiger charge is 2.29. The predicted molar refractivity (Wildman–Crippen MR) is 127 cm³/mol. The average Bonchev–Trinajstić information content (AvgIpc) is 3.21. The van der Waals surface area contributed by atoms with E-state index < -0.39 is 0 Å². The normalized spacial score (nSPS) is 15.4. The molecule has 0 aliphatic carbocycles. The number of nitrogens with one attached hydrogen (secondary N) is 2. The van der Waals surface area contributed by atoms with E-state index in [0.29, 0.717) is 13.2 Å². The van der Waals surface area contributed by atoms with E-state index in [1.54, 1.807) is 7.11 Å². The maximum absolute atomic E-state index is 6.34. The summed E-state index contributed by atoms with van der Waals surface area (Å²) in [6.45, 7) is 4.04. The summed E-state index contributed by atoms with van der Waals surface area (Å²) in [5, 5.41) is 4.91. The second-order valence-corrected chi connectivity index (χ2v) is 7.95. The van der Waals surface area contributed by atoms with E-state index in [9.17, 15) is 0 Å². The van der Waals surface area contributed by atoms with Crippen LogP contribution in [0.25, 0.3) is 10.9 Å². The lowest BCUT2D eigenvalue weighted by molar-refractivity contribution is 0.278. The molecule has 2 heterocycles. The quantitative estimate of drug-likeness (QED) is 0.414. The molecular weight excluding hydrogens is 400 g/mol. The minimum absolute atomic E-state index is 0.0115. The van der Waals surface area contributed by atoms with Crippen molar-refractivity contribution in [2.24, 2.45) is 0 Å². The van der Waals surface area contributed by atoms with Crippen LogP contribution in [0.4, 0.5) is 0 Å². The summed E-state index contributed by atoms with van der Waals surface area (Å²) >= 11 is 0. The van der Waals surface area contributed by atoms with E-state index >= 15 is 0 Å². The molecule has 164 valence electrons. The summed E-state index contributed by atoms with van der Waals surface area (Å²) in [7, 11) is 1.69.